The lowest BCUT2D eigenvalue weighted by molar-refractivity contribution is 0.270. The van der Waals surface area contributed by atoms with E-state index < -0.39 is 0 Å². The molecule has 1 saturated heterocycles. The molecule has 0 bridgehead atoms. The van der Waals surface area contributed by atoms with Crippen LogP contribution in [0.1, 0.15) is 13.8 Å². The zero-order valence-electron chi connectivity index (χ0n) is 23.3. The minimum Gasteiger partial charge on any atom is -0.494 e. The van der Waals surface area contributed by atoms with E-state index in [1.165, 1.54) is 0 Å². The van der Waals surface area contributed by atoms with Crippen LogP contribution < -0.4 is 19.9 Å². The molecule has 3 aromatic carbocycles. The molecule has 8 heteroatoms. The number of ether oxygens (including phenoxy) is 2. The van der Waals surface area contributed by atoms with E-state index in [1.54, 1.807) is 11.7 Å². The van der Waals surface area contributed by atoms with Crippen molar-refractivity contribution in [3.8, 4) is 28.3 Å². The lowest BCUT2D eigenvalue weighted by atomic mass is 10.0. The fourth-order valence-electron chi connectivity index (χ4n) is 4.97. The van der Waals surface area contributed by atoms with Crippen LogP contribution in [0.15, 0.2) is 100.0 Å². The summed E-state index contributed by atoms with van der Waals surface area (Å²) in [7, 11) is 1.59. The molecule has 1 fully saturated rings. The highest BCUT2D eigenvalue weighted by Crippen LogP contribution is 2.36. The van der Waals surface area contributed by atoms with E-state index in [1.807, 2.05) is 85.8 Å². The minimum absolute atomic E-state index is 0.232. The topological polar surface area (TPSA) is 71.7 Å². The monoisotopic (exact) mass is 537 g/mol. The molecule has 8 nitrogen and oxygen atoms in total. The Hall–Kier alpha value is -4.43. The third kappa shape index (κ3) is 5.77. The molecule has 0 unspecified atom stereocenters. The van der Waals surface area contributed by atoms with Crippen LogP contribution in [-0.2, 0) is 0 Å². The maximum atomic E-state index is 14.4. The SMILES string of the molecule is CCOc1ccc(-c2cc(N3CCN(CC)CC3)n(-c3ccccc3)c(=O)c2N=Nc2ccccc2OC)cc1. The van der Waals surface area contributed by atoms with Crippen molar-refractivity contribution in [1.29, 1.82) is 0 Å². The summed E-state index contributed by atoms with van der Waals surface area (Å²) in [5, 5.41) is 9.05. The number of anilines is 1. The van der Waals surface area contributed by atoms with Gasteiger partial charge in [-0.3, -0.25) is 9.36 Å². The molecular formula is C32H35N5O3. The third-order valence-electron chi connectivity index (χ3n) is 7.14. The predicted octanol–water partition coefficient (Wildman–Crippen LogP) is 6.47. The molecule has 40 heavy (non-hydrogen) atoms. The van der Waals surface area contributed by atoms with E-state index in [0.29, 0.717) is 23.6 Å². The molecule has 1 aliphatic rings. The highest BCUT2D eigenvalue weighted by atomic mass is 16.5. The lowest BCUT2D eigenvalue weighted by Crippen LogP contribution is -2.47. The summed E-state index contributed by atoms with van der Waals surface area (Å²) in [4.78, 5) is 19.1. The van der Waals surface area contributed by atoms with Crippen LogP contribution in [-0.4, -0.2) is 55.9 Å². The number of pyridine rings is 1. The van der Waals surface area contributed by atoms with E-state index in [0.717, 1.165) is 55.5 Å². The van der Waals surface area contributed by atoms with Crippen LogP contribution in [0, 0.1) is 0 Å². The molecule has 1 aromatic heterocycles. The van der Waals surface area contributed by atoms with Gasteiger partial charge in [0.2, 0.25) is 0 Å². The van der Waals surface area contributed by atoms with E-state index in [9.17, 15) is 4.79 Å². The van der Waals surface area contributed by atoms with Crippen molar-refractivity contribution in [1.82, 2.24) is 9.47 Å². The highest BCUT2D eigenvalue weighted by Gasteiger charge is 2.24. The summed E-state index contributed by atoms with van der Waals surface area (Å²) in [6, 6.07) is 27.0. The van der Waals surface area contributed by atoms with Crippen molar-refractivity contribution < 1.29 is 9.47 Å². The number of benzene rings is 3. The molecule has 0 saturated carbocycles. The van der Waals surface area contributed by atoms with Gasteiger partial charge >= 0.3 is 0 Å². The first-order chi connectivity index (χ1) is 19.6. The van der Waals surface area contributed by atoms with Crippen molar-refractivity contribution in [2.24, 2.45) is 10.2 Å². The number of para-hydroxylation sites is 2. The Balaban J connectivity index is 1.72. The number of nitrogens with zero attached hydrogens (tertiary/aromatic N) is 5. The van der Waals surface area contributed by atoms with Gasteiger partial charge in [0.1, 0.15) is 23.0 Å². The molecule has 5 rings (SSSR count). The molecule has 0 N–H and O–H groups in total. The largest absolute Gasteiger partial charge is 0.494 e. The smallest absolute Gasteiger partial charge is 0.285 e. The van der Waals surface area contributed by atoms with Gasteiger partial charge in [0.25, 0.3) is 5.56 Å². The molecule has 206 valence electrons. The van der Waals surface area contributed by atoms with Gasteiger partial charge in [0.15, 0.2) is 5.69 Å². The Morgan fingerprint density at radius 3 is 2.20 bits per heavy atom. The van der Waals surface area contributed by atoms with Crippen LogP contribution in [0.2, 0.25) is 0 Å². The number of likely N-dealkylation sites (N-methyl/N-ethyl adjacent to an activating group) is 1. The normalized spacial score (nSPS) is 14.0. The van der Waals surface area contributed by atoms with Gasteiger partial charge in [0, 0.05) is 31.7 Å². The molecule has 2 heterocycles. The summed E-state index contributed by atoms with van der Waals surface area (Å²) in [5.41, 5.74) is 2.94. The van der Waals surface area contributed by atoms with Gasteiger partial charge in [-0.1, -0.05) is 49.4 Å². The van der Waals surface area contributed by atoms with Gasteiger partial charge in [-0.15, -0.1) is 10.2 Å². The van der Waals surface area contributed by atoms with Crippen molar-refractivity contribution in [2.45, 2.75) is 13.8 Å². The fraction of sp³-hybridized carbons (Fsp3) is 0.281. The summed E-state index contributed by atoms with van der Waals surface area (Å²) in [6.45, 7) is 9.26. The van der Waals surface area contributed by atoms with Crippen LogP contribution in [0.5, 0.6) is 11.5 Å². The Morgan fingerprint density at radius 1 is 0.825 bits per heavy atom. The number of piperazine rings is 1. The van der Waals surface area contributed by atoms with E-state index in [-0.39, 0.29) is 11.2 Å². The zero-order valence-corrected chi connectivity index (χ0v) is 23.3. The average Bonchev–Trinajstić information content (AvgIpc) is 3.01. The second-order valence-corrected chi connectivity index (χ2v) is 9.49. The quantitative estimate of drug-likeness (QED) is 0.229. The predicted molar refractivity (Wildman–Crippen MR) is 160 cm³/mol. The van der Waals surface area contributed by atoms with Gasteiger partial charge in [-0.25, -0.2) is 0 Å². The first-order valence-electron chi connectivity index (χ1n) is 13.7. The average molecular weight is 538 g/mol. The van der Waals surface area contributed by atoms with Crippen LogP contribution in [0.4, 0.5) is 17.2 Å². The molecule has 0 aliphatic carbocycles. The van der Waals surface area contributed by atoms with E-state index >= 15 is 0 Å². The first-order valence-corrected chi connectivity index (χ1v) is 13.7. The van der Waals surface area contributed by atoms with Gasteiger partial charge in [-0.2, -0.15) is 0 Å². The number of aromatic nitrogens is 1. The molecule has 0 radical (unpaired) electrons. The number of azo groups is 1. The van der Waals surface area contributed by atoms with Crippen LogP contribution in [0.25, 0.3) is 16.8 Å². The molecular weight excluding hydrogens is 502 g/mol. The second-order valence-electron chi connectivity index (χ2n) is 9.49. The zero-order chi connectivity index (χ0) is 27.9. The fourth-order valence-corrected chi connectivity index (χ4v) is 4.97. The molecule has 0 amide bonds. The number of hydrogen-bond acceptors (Lipinski definition) is 7. The van der Waals surface area contributed by atoms with Gasteiger partial charge < -0.3 is 19.3 Å². The highest BCUT2D eigenvalue weighted by molar-refractivity contribution is 5.79. The molecule has 0 atom stereocenters. The first kappa shape index (κ1) is 27.1. The standard InChI is InChI=1S/C32H35N5O3/c1-4-35-19-21-36(22-20-35)30-23-27(24-15-17-26(18-16-24)40-5-2)31(32(38)37(30)25-11-7-6-8-12-25)34-33-28-13-9-10-14-29(28)39-3/h6-18,23H,4-5,19-22H2,1-3H3. The maximum Gasteiger partial charge on any atom is 0.285 e. The number of methoxy groups -OCH3 is 1. The molecule has 1 aliphatic heterocycles. The molecule has 0 spiro atoms. The van der Waals surface area contributed by atoms with E-state index in [4.69, 9.17) is 9.47 Å². The minimum atomic E-state index is -0.232. The third-order valence-corrected chi connectivity index (χ3v) is 7.14. The Bertz CT molecular complexity index is 1510. The summed E-state index contributed by atoms with van der Waals surface area (Å²) in [5.74, 6) is 2.20. The number of rotatable bonds is 9. The van der Waals surface area contributed by atoms with Crippen molar-refractivity contribution in [2.75, 3.05) is 51.3 Å². The van der Waals surface area contributed by atoms with E-state index in [2.05, 4.69) is 33.0 Å². The Morgan fingerprint density at radius 2 is 1.52 bits per heavy atom. The summed E-state index contributed by atoms with van der Waals surface area (Å²) >= 11 is 0. The molecule has 4 aromatic rings. The van der Waals surface area contributed by atoms with Crippen LogP contribution in [0.3, 0.4) is 0 Å². The summed E-state index contributed by atoms with van der Waals surface area (Å²) < 4.78 is 12.9. The van der Waals surface area contributed by atoms with Crippen molar-refractivity contribution in [3.05, 3.63) is 95.3 Å². The lowest BCUT2D eigenvalue weighted by Gasteiger charge is -2.36. The van der Waals surface area contributed by atoms with Crippen molar-refractivity contribution >= 4 is 17.2 Å². The Kier molecular flexibility index (Phi) is 8.56. The maximum absolute atomic E-state index is 14.4. The second kappa shape index (κ2) is 12.6. The van der Waals surface area contributed by atoms with Crippen LogP contribution >= 0.6 is 0 Å². The van der Waals surface area contributed by atoms with Gasteiger partial charge in [-0.05, 0) is 61.5 Å². The number of hydrogen-bond donors (Lipinski definition) is 0. The summed E-state index contributed by atoms with van der Waals surface area (Å²) in [6.07, 6.45) is 0. The van der Waals surface area contributed by atoms with Gasteiger partial charge in [0.05, 0.1) is 19.4 Å². The van der Waals surface area contributed by atoms with Crippen molar-refractivity contribution in [3.63, 3.8) is 0 Å². The Labute approximate surface area is 235 Å².